The highest BCUT2D eigenvalue weighted by atomic mass is 32.2. The van der Waals surface area contributed by atoms with Crippen LogP contribution in [0.5, 0.6) is 0 Å². The highest BCUT2D eigenvalue weighted by Crippen LogP contribution is 2.25. The number of thiophene rings is 1. The summed E-state index contributed by atoms with van der Waals surface area (Å²) in [5.41, 5.74) is 0. The normalized spacial score (nSPS) is 10.6. The summed E-state index contributed by atoms with van der Waals surface area (Å²) in [5, 5.41) is 15.6. The van der Waals surface area contributed by atoms with Crippen LogP contribution < -0.4 is 10.6 Å². The molecule has 25 heavy (non-hydrogen) atoms. The number of hydrogen-bond donors (Lipinski definition) is 2. The molecule has 0 radical (unpaired) electrons. The maximum Gasteiger partial charge on any atom is 0.321 e. The Balaban J connectivity index is 1.47. The summed E-state index contributed by atoms with van der Waals surface area (Å²) in [5.74, 6) is 0.999. The summed E-state index contributed by atoms with van der Waals surface area (Å²) < 4.78 is 6.91. The molecule has 0 aliphatic rings. The number of thioether (sulfide) groups is 1. The molecule has 0 atom stereocenters. The second kappa shape index (κ2) is 7.99. The predicted molar refractivity (Wildman–Crippen MR) is 94.1 cm³/mol. The summed E-state index contributed by atoms with van der Waals surface area (Å²) in [7, 11) is 1.84. The van der Waals surface area contributed by atoms with Crippen molar-refractivity contribution >= 4 is 35.0 Å². The Labute approximate surface area is 151 Å². The van der Waals surface area contributed by atoms with Crippen molar-refractivity contribution < 1.29 is 14.0 Å². The Morgan fingerprint density at radius 3 is 2.92 bits per heavy atom. The number of carbonyl (C=O) groups is 2. The lowest BCUT2D eigenvalue weighted by atomic mass is 10.4. The third-order valence-electron chi connectivity index (χ3n) is 3.17. The Kier molecular flexibility index (Phi) is 5.51. The van der Waals surface area contributed by atoms with Gasteiger partial charge in [-0.1, -0.05) is 17.8 Å². The lowest BCUT2D eigenvalue weighted by molar-refractivity contribution is -0.117. The Morgan fingerprint density at radius 1 is 1.32 bits per heavy atom. The number of rotatable bonds is 6. The first-order chi connectivity index (χ1) is 12.1. The molecule has 3 rings (SSSR count). The molecule has 130 valence electrons. The SMILES string of the molecule is Cn1c(SCC(=O)NC(=O)NCc2ccco2)nnc1-c1cccs1. The molecular formula is C15H15N5O3S2. The first-order valence-corrected chi connectivity index (χ1v) is 9.16. The van der Waals surface area contributed by atoms with E-state index in [0.717, 1.165) is 10.7 Å². The zero-order valence-electron chi connectivity index (χ0n) is 13.3. The van der Waals surface area contributed by atoms with E-state index in [0.29, 0.717) is 10.9 Å². The number of carbonyl (C=O) groups excluding carboxylic acids is 2. The molecule has 0 aliphatic carbocycles. The van der Waals surface area contributed by atoms with Gasteiger partial charge in [-0.25, -0.2) is 4.79 Å². The van der Waals surface area contributed by atoms with E-state index in [-0.39, 0.29) is 12.3 Å². The van der Waals surface area contributed by atoms with E-state index in [1.807, 2.05) is 29.1 Å². The van der Waals surface area contributed by atoms with Gasteiger partial charge in [0.2, 0.25) is 5.91 Å². The molecule has 3 heterocycles. The van der Waals surface area contributed by atoms with Crippen molar-refractivity contribution in [2.75, 3.05) is 5.75 Å². The molecule has 3 aromatic rings. The molecule has 0 fully saturated rings. The number of amides is 3. The van der Waals surface area contributed by atoms with Gasteiger partial charge in [0.25, 0.3) is 0 Å². The second-order valence-electron chi connectivity index (χ2n) is 4.94. The van der Waals surface area contributed by atoms with Gasteiger partial charge in [0, 0.05) is 7.05 Å². The largest absolute Gasteiger partial charge is 0.467 e. The molecular weight excluding hydrogens is 362 g/mol. The van der Waals surface area contributed by atoms with E-state index >= 15 is 0 Å². The smallest absolute Gasteiger partial charge is 0.321 e. The molecule has 3 aromatic heterocycles. The molecule has 3 amide bonds. The topological polar surface area (TPSA) is 102 Å². The van der Waals surface area contributed by atoms with Gasteiger partial charge in [-0.2, -0.15) is 0 Å². The Morgan fingerprint density at radius 2 is 2.20 bits per heavy atom. The third-order valence-corrected chi connectivity index (χ3v) is 5.05. The standard InChI is InChI=1S/C15H15N5O3S2/c1-20-13(11-5-3-7-24-11)18-19-15(20)25-9-12(21)17-14(22)16-8-10-4-2-6-23-10/h2-7H,8-9H2,1H3,(H2,16,17,21,22). The summed E-state index contributed by atoms with van der Waals surface area (Å²) in [6.45, 7) is 0.215. The van der Waals surface area contributed by atoms with Gasteiger partial charge in [0.1, 0.15) is 5.76 Å². The van der Waals surface area contributed by atoms with Gasteiger partial charge in [0.05, 0.1) is 23.4 Å². The first-order valence-electron chi connectivity index (χ1n) is 7.29. The number of urea groups is 1. The van der Waals surface area contributed by atoms with E-state index < -0.39 is 11.9 Å². The molecule has 10 heteroatoms. The number of nitrogens with zero attached hydrogens (tertiary/aromatic N) is 3. The minimum absolute atomic E-state index is 0.0601. The van der Waals surface area contributed by atoms with Crippen LogP contribution in [-0.4, -0.2) is 32.5 Å². The molecule has 0 unspecified atom stereocenters. The van der Waals surface area contributed by atoms with E-state index in [4.69, 9.17) is 4.42 Å². The number of nitrogens with one attached hydrogen (secondary N) is 2. The fourth-order valence-electron chi connectivity index (χ4n) is 1.98. The van der Waals surface area contributed by atoms with Crippen LogP contribution in [0.4, 0.5) is 4.79 Å². The lowest BCUT2D eigenvalue weighted by Crippen LogP contribution is -2.39. The molecule has 0 bridgehead atoms. The van der Waals surface area contributed by atoms with E-state index in [2.05, 4.69) is 20.8 Å². The highest BCUT2D eigenvalue weighted by Gasteiger charge is 2.14. The minimum Gasteiger partial charge on any atom is -0.467 e. The first kappa shape index (κ1) is 17.2. The number of imide groups is 1. The van der Waals surface area contributed by atoms with Gasteiger partial charge in [0.15, 0.2) is 11.0 Å². The van der Waals surface area contributed by atoms with Gasteiger partial charge in [-0.15, -0.1) is 21.5 Å². The van der Waals surface area contributed by atoms with Crippen molar-refractivity contribution in [1.82, 2.24) is 25.4 Å². The second-order valence-corrected chi connectivity index (χ2v) is 6.83. The lowest BCUT2D eigenvalue weighted by Gasteiger charge is -2.05. The summed E-state index contributed by atoms with van der Waals surface area (Å²) in [4.78, 5) is 24.5. The van der Waals surface area contributed by atoms with Crippen LogP contribution in [0.2, 0.25) is 0 Å². The van der Waals surface area contributed by atoms with Crippen molar-refractivity contribution in [2.45, 2.75) is 11.7 Å². The van der Waals surface area contributed by atoms with Crippen LogP contribution >= 0.6 is 23.1 Å². The Bertz CT molecular complexity index is 843. The summed E-state index contributed by atoms with van der Waals surface area (Å²) in [6.07, 6.45) is 1.52. The van der Waals surface area contributed by atoms with Gasteiger partial charge < -0.3 is 14.3 Å². The van der Waals surface area contributed by atoms with E-state index in [1.54, 1.807) is 23.5 Å². The molecule has 0 saturated carbocycles. The maximum atomic E-state index is 11.9. The quantitative estimate of drug-likeness (QED) is 0.639. The van der Waals surface area contributed by atoms with Crippen LogP contribution in [0.3, 0.4) is 0 Å². The molecule has 2 N–H and O–H groups in total. The molecule has 0 saturated heterocycles. The number of furan rings is 1. The fourth-order valence-corrected chi connectivity index (χ4v) is 3.43. The van der Waals surface area contributed by atoms with Crippen molar-refractivity contribution in [3.05, 3.63) is 41.7 Å². The van der Waals surface area contributed by atoms with Crippen molar-refractivity contribution in [1.29, 1.82) is 0 Å². The van der Waals surface area contributed by atoms with Crippen LogP contribution in [-0.2, 0) is 18.4 Å². The summed E-state index contributed by atoms with van der Waals surface area (Å²) in [6, 6.07) is 6.79. The van der Waals surface area contributed by atoms with Gasteiger partial charge in [-0.3, -0.25) is 10.1 Å². The van der Waals surface area contributed by atoms with Crippen LogP contribution in [0.15, 0.2) is 45.5 Å². The van der Waals surface area contributed by atoms with Gasteiger partial charge >= 0.3 is 6.03 Å². The molecule has 0 aliphatic heterocycles. The van der Waals surface area contributed by atoms with Crippen molar-refractivity contribution in [3.8, 4) is 10.7 Å². The molecule has 0 aromatic carbocycles. The van der Waals surface area contributed by atoms with Crippen LogP contribution in [0, 0.1) is 0 Å². The van der Waals surface area contributed by atoms with Crippen molar-refractivity contribution in [2.24, 2.45) is 7.05 Å². The Hall–Kier alpha value is -2.59. The average molecular weight is 377 g/mol. The van der Waals surface area contributed by atoms with Gasteiger partial charge in [-0.05, 0) is 23.6 Å². The zero-order valence-corrected chi connectivity index (χ0v) is 14.9. The molecule has 8 nitrogen and oxygen atoms in total. The maximum absolute atomic E-state index is 11.9. The average Bonchev–Trinajstić information content (AvgIpc) is 3.33. The van der Waals surface area contributed by atoms with Crippen LogP contribution in [0.1, 0.15) is 5.76 Å². The fraction of sp³-hybridized carbons (Fsp3) is 0.200. The van der Waals surface area contributed by atoms with E-state index in [1.165, 1.54) is 18.0 Å². The monoisotopic (exact) mass is 377 g/mol. The predicted octanol–water partition coefficient (Wildman–Crippen LogP) is 2.25. The number of aromatic nitrogens is 3. The van der Waals surface area contributed by atoms with Crippen LogP contribution in [0.25, 0.3) is 10.7 Å². The third kappa shape index (κ3) is 4.48. The minimum atomic E-state index is -0.570. The zero-order chi connectivity index (χ0) is 17.6. The highest BCUT2D eigenvalue weighted by molar-refractivity contribution is 7.99. The van der Waals surface area contributed by atoms with Crippen molar-refractivity contribution in [3.63, 3.8) is 0 Å². The summed E-state index contributed by atoms with van der Waals surface area (Å²) >= 11 is 2.78. The van der Waals surface area contributed by atoms with E-state index in [9.17, 15) is 9.59 Å². The number of hydrogen-bond acceptors (Lipinski definition) is 7. The molecule has 0 spiro atoms.